The third kappa shape index (κ3) is 5.91. The van der Waals surface area contributed by atoms with Gasteiger partial charge in [-0.05, 0) is 65.9 Å². The minimum absolute atomic E-state index is 0.121. The molecule has 0 bridgehead atoms. The van der Waals surface area contributed by atoms with Crippen molar-refractivity contribution in [3.05, 3.63) is 89.6 Å². The van der Waals surface area contributed by atoms with Crippen LogP contribution in [0.3, 0.4) is 0 Å². The zero-order valence-electron chi connectivity index (χ0n) is 22.6. The van der Waals surface area contributed by atoms with E-state index in [1.165, 1.54) is 16.7 Å². The minimum atomic E-state index is -0.234. The van der Waals surface area contributed by atoms with E-state index in [1.807, 2.05) is 42.5 Å². The summed E-state index contributed by atoms with van der Waals surface area (Å²) in [7, 11) is 5.01. The SMILES string of the molecule is COc1ccc(CC2c3cc(OC)c(OC)cc3CCN2CCNC(=O)Nc2ccnc3ccccc23)cc1. The average molecular weight is 527 g/mol. The van der Waals surface area contributed by atoms with Crippen LogP contribution in [0.4, 0.5) is 10.5 Å². The zero-order valence-corrected chi connectivity index (χ0v) is 22.6. The summed E-state index contributed by atoms with van der Waals surface area (Å²) >= 11 is 0. The highest BCUT2D eigenvalue weighted by molar-refractivity contribution is 6.00. The smallest absolute Gasteiger partial charge is 0.319 e. The summed E-state index contributed by atoms with van der Waals surface area (Å²) in [5.41, 5.74) is 5.28. The number of benzene rings is 3. The molecule has 0 radical (unpaired) electrons. The van der Waals surface area contributed by atoms with Crippen LogP contribution in [0.2, 0.25) is 0 Å². The molecule has 4 aromatic rings. The molecule has 2 amide bonds. The highest BCUT2D eigenvalue weighted by Crippen LogP contribution is 2.39. The van der Waals surface area contributed by atoms with Crippen LogP contribution in [0.15, 0.2) is 72.9 Å². The van der Waals surface area contributed by atoms with E-state index >= 15 is 0 Å². The summed E-state index contributed by atoms with van der Waals surface area (Å²) < 4.78 is 16.5. The number of ether oxygens (including phenoxy) is 3. The van der Waals surface area contributed by atoms with Crippen molar-refractivity contribution < 1.29 is 19.0 Å². The van der Waals surface area contributed by atoms with Crippen LogP contribution < -0.4 is 24.8 Å². The molecule has 1 atom stereocenters. The molecule has 1 aliphatic rings. The van der Waals surface area contributed by atoms with Gasteiger partial charge in [0.05, 0.1) is 32.5 Å². The van der Waals surface area contributed by atoms with Gasteiger partial charge in [-0.3, -0.25) is 9.88 Å². The van der Waals surface area contributed by atoms with E-state index < -0.39 is 0 Å². The average Bonchev–Trinajstić information content (AvgIpc) is 2.98. The highest BCUT2D eigenvalue weighted by Gasteiger charge is 2.29. The second kappa shape index (κ2) is 12.0. The first kappa shape index (κ1) is 26.3. The summed E-state index contributed by atoms with van der Waals surface area (Å²) in [4.78, 5) is 19.6. The Balaban J connectivity index is 1.31. The van der Waals surface area contributed by atoms with Crippen LogP contribution in [0.5, 0.6) is 17.2 Å². The number of hydrogen-bond donors (Lipinski definition) is 2. The van der Waals surface area contributed by atoms with Crippen molar-refractivity contribution in [2.24, 2.45) is 0 Å². The Hall–Kier alpha value is -4.30. The molecule has 0 saturated carbocycles. The van der Waals surface area contributed by atoms with Gasteiger partial charge in [-0.1, -0.05) is 30.3 Å². The summed E-state index contributed by atoms with van der Waals surface area (Å²) in [6.45, 7) is 2.09. The Morgan fingerprint density at radius 2 is 1.74 bits per heavy atom. The van der Waals surface area contributed by atoms with Crippen LogP contribution in [0, 0.1) is 0 Å². The number of urea groups is 1. The fourth-order valence-electron chi connectivity index (χ4n) is 5.26. The molecule has 1 aliphatic heterocycles. The van der Waals surface area contributed by atoms with Crippen molar-refractivity contribution in [2.45, 2.75) is 18.9 Å². The van der Waals surface area contributed by atoms with Crippen molar-refractivity contribution in [2.75, 3.05) is 46.3 Å². The number of para-hydroxylation sites is 1. The Morgan fingerprint density at radius 3 is 2.51 bits per heavy atom. The van der Waals surface area contributed by atoms with E-state index in [0.29, 0.717) is 13.1 Å². The van der Waals surface area contributed by atoms with Gasteiger partial charge in [-0.25, -0.2) is 4.79 Å². The number of nitrogens with zero attached hydrogens (tertiary/aromatic N) is 2. The van der Waals surface area contributed by atoms with Crippen LogP contribution in [-0.4, -0.2) is 56.9 Å². The molecule has 2 N–H and O–H groups in total. The first-order valence-corrected chi connectivity index (χ1v) is 13.1. The predicted molar refractivity (Wildman–Crippen MR) is 153 cm³/mol. The number of aromatic nitrogens is 1. The fraction of sp³-hybridized carbons (Fsp3) is 0.290. The van der Waals surface area contributed by atoms with Crippen molar-refractivity contribution in [1.29, 1.82) is 0 Å². The molecule has 202 valence electrons. The summed E-state index contributed by atoms with van der Waals surface area (Å²) in [5, 5.41) is 6.92. The van der Waals surface area contributed by atoms with Gasteiger partial charge in [0.25, 0.3) is 0 Å². The third-order valence-electron chi connectivity index (χ3n) is 7.28. The monoisotopic (exact) mass is 526 g/mol. The Labute approximate surface area is 228 Å². The molecule has 0 fully saturated rings. The van der Waals surface area contributed by atoms with Crippen LogP contribution in [0.1, 0.15) is 22.7 Å². The molecule has 3 aromatic carbocycles. The van der Waals surface area contributed by atoms with Crippen molar-refractivity contribution in [3.63, 3.8) is 0 Å². The van der Waals surface area contributed by atoms with E-state index in [0.717, 1.165) is 53.2 Å². The summed E-state index contributed by atoms with van der Waals surface area (Å²) in [5.74, 6) is 2.30. The van der Waals surface area contributed by atoms with E-state index in [4.69, 9.17) is 14.2 Å². The molecule has 5 rings (SSSR count). The van der Waals surface area contributed by atoms with Gasteiger partial charge in [-0.15, -0.1) is 0 Å². The lowest BCUT2D eigenvalue weighted by atomic mass is 9.88. The van der Waals surface area contributed by atoms with Crippen molar-refractivity contribution in [1.82, 2.24) is 15.2 Å². The Morgan fingerprint density at radius 1 is 0.974 bits per heavy atom. The van der Waals surface area contributed by atoms with E-state index in [-0.39, 0.29) is 12.1 Å². The van der Waals surface area contributed by atoms with Crippen LogP contribution >= 0.6 is 0 Å². The number of hydrogen-bond acceptors (Lipinski definition) is 6. The van der Waals surface area contributed by atoms with Crippen LogP contribution in [-0.2, 0) is 12.8 Å². The topological polar surface area (TPSA) is 85.0 Å². The lowest BCUT2D eigenvalue weighted by Crippen LogP contribution is -2.42. The van der Waals surface area contributed by atoms with Gasteiger partial charge in [-0.2, -0.15) is 0 Å². The molecule has 0 saturated heterocycles. The molecule has 8 heteroatoms. The highest BCUT2D eigenvalue weighted by atomic mass is 16.5. The van der Waals surface area contributed by atoms with Crippen LogP contribution in [0.25, 0.3) is 10.9 Å². The number of fused-ring (bicyclic) bond motifs is 2. The van der Waals surface area contributed by atoms with Gasteiger partial charge in [0.1, 0.15) is 5.75 Å². The molecule has 0 spiro atoms. The second-order valence-electron chi connectivity index (χ2n) is 9.52. The minimum Gasteiger partial charge on any atom is -0.497 e. The molecule has 8 nitrogen and oxygen atoms in total. The lowest BCUT2D eigenvalue weighted by molar-refractivity contribution is 0.183. The third-order valence-corrected chi connectivity index (χ3v) is 7.28. The molecule has 1 aromatic heterocycles. The maximum absolute atomic E-state index is 12.8. The zero-order chi connectivity index (χ0) is 27.2. The number of methoxy groups -OCH3 is 3. The number of anilines is 1. The standard InChI is InChI=1S/C31H34N4O4/c1-37-23-10-8-21(9-11-23)18-28-25-20-30(39-3)29(38-2)19-22(25)13-16-35(28)17-15-33-31(36)34-27-12-14-32-26-7-5-4-6-24(26)27/h4-12,14,19-20,28H,13,15-18H2,1-3H3,(H2,32,33,34,36). The number of pyridine rings is 1. The largest absolute Gasteiger partial charge is 0.497 e. The molecular formula is C31H34N4O4. The van der Waals surface area contributed by atoms with Crippen molar-refractivity contribution in [3.8, 4) is 17.2 Å². The molecule has 39 heavy (non-hydrogen) atoms. The molecule has 0 aliphatic carbocycles. The summed E-state index contributed by atoms with van der Waals surface area (Å²) in [6, 6.07) is 21.9. The number of nitrogens with one attached hydrogen (secondary N) is 2. The predicted octanol–water partition coefficient (Wildman–Crippen LogP) is 5.22. The number of amides is 2. The summed E-state index contributed by atoms with van der Waals surface area (Å²) in [6.07, 6.45) is 3.42. The molecule has 1 unspecified atom stereocenters. The van der Waals surface area contributed by atoms with E-state index in [9.17, 15) is 4.79 Å². The Kier molecular flexibility index (Phi) is 8.13. The van der Waals surface area contributed by atoms with E-state index in [1.54, 1.807) is 27.5 Å². The number of carbonyl (C=O) groups excluding carboxylic acids is 1. The maximum atomic E-state index is 12.8. The number of carbonyl (C=O) groups is 1. The lowest BCUT2D eigenvalue weighted by Gasteiger charge is -2.38. The fourth-order valence-corrected chi connectivity index (χ4v) is 5.26. The van der Waals surface area contributed by atoms with Gasteiger partial charge >= 0.3 is 6.03 Å². The number of rotatable bonds is 9. The van der Waals surface area contributed by atoms with Gasteiger partial charge in [0.2, 0.25) is 0 Å². The van der Waals surface area contributed by atoms with E-state index in [2.05, 4.69) is 44.8 Å². The molecule has 2 heterocycles. The van der Waals surface area contributed by atoms with Gasteiger partial charge in [0.15, 0.2) is 11.5 Å². The van der Waals surface area contributed by atoms with Gasteiger partial charge < -0.3 is 24.8 Å². The normalized spacial score (nSPS) is 14.9. The first-order valence-electron chi connectivity index (χ1n) is 13.1. The quantitative estimate of drug-likeness (QED) is 0.311. The second-order valence-corrected chi connectivity index (χ2v) is 9.52. The van der Waals surface area contributed by atoms with Crippen molar-refractivity contribution >= 4 is 22.6 Å². The Bertz CT molecular complexity index is 1440. The maximum Gasteiger partial charge on any atom is 0.319 e. The molecular weight excluding hydrogens is 492 g/mol. The van der Waals surface area contributed by atoms with Gasteiger partial charge in [0, 0.05) is 37.3 Å². The first-order chi connectivity index (χ1) is 19.1.